The number of rotatable bonds is 4. The van der Waals surface area contributed by atoms with Gasteiger partial charge in [0.1, 0.15) is 6.33 Å². The van der Waals surface area contributed by atoms with Gasteiger partial charge in [-0.2, -0.15) is 0 Å². The summed E-state index contributed by atoms with van der Waals surface area (Å²) in [6.45, 7) is 1.92. The van der Waals surface area contributed by atoms with Crippen molar-refractivity contribution >= 4 is 28.5 Å². The van der Waals surface area contributed by atoms with Gasteiger partial charge in [-0.25, -0.2) is 4.98 Å². The van der Waals surface area contributed by atoms with Crippen LogP contribution in [0.5, 0.6) is 0 Å². The summed E-state index contributed by atoms with van der Waals surface area (Å²) in [5, 5.41) is 6.54. The van der Waals surface area contributed by atoms with E-state index in [1.807, 2.05) is 31.2 Å². The van der Waals surface area contributed by atoms with Crippen molar-refractivity contribution in [3.63, 3.8) is 0 Å². The van der Waals surface area contributed by atoms with Crippen LogP contribution in [0.1, 0.15) is 33.5 Å². The first-order valence-corrected chi connectivity index (χ1v) is 8.50. The predicted octanol–water partition coefficient (Wildman–Crippen LogP) is 3.53. The topological polar surface area (TPSA) is 90.0 Å². The summed E-state index contributed by atoms with van der Waals surface area (Å²) >= 11 is 0. The highest BCUT2D eigenvalue weighted by Gasteiger charge is 2.19. The predicted molar refractivity (Wildman–Crippen MR) is 99.7 cm³/mol. The molecular formula is C20H16N4O3. The van der Waals surface area contributed by atoms with Crippen LogP contribution in [0, 0.1) is 0 Å². The molecule has 27 heavy (non-hydrogen) atoms. The summed E-state index contributed by atoms with van der Waals surface area (Å²) in [5.74, 6) is -0.647. The van der Waals surface area contributed by atoms with Gasteiger partial charge in [-0.3, -0.25) is 14.2 Å². The zero-order valence-corrected chi connectivity index (χ0v) is 14.5. The summed E-state index contributed by atoms with van der Waals surface area (Å²) in [6.07, 6.45) is 2.15. The van der Waals surface area contributed by atoms with Crippen molar-refractivity contribution < 1.29 is 14.1 Å². The van der Waals surface area contributed by atoms with Crippen molar-refractivity contribution in [2.45, 2.75) is 13.3 Å². The lowest BCUT2D eigenvalue weighted by Crippen LogP contribution is -2.17. The first-order chi connectivity index (χ1) is 13.2. The number of amides is 1. The number of aryl methyl sites for hydroxylation is 1. The van der Waals surface area contributed by atoms with Crippen LogP contribution in [0.25, 0.3) is 11.0 Å². The van der Waals surface area contributed by atoms with Gasteiger partial charge >= 0.3 is 0 Å². The summed E-state index contributed by atoms with van der Waals surface area (Å²) in [5.41, 5.74) is 2.85. The smallest absolute Gasteiger partial charge is 0.294 e. The van der Waals surface area contributed by atoms with Gasteiger partial charge in [0.05, 0.1) is 28.0 Å². The molecule has 7 nitrogen and oxygen atoms in total. The SMILES string of the molecule is CCc1cc(C(=O)Nc2ccccc2C(=O)n2cnc3ccccc32)on1. The van der Waals surface area contributed by atoms with Crippen LogP contribution in [-0.4, -0.2) is 26.5 Å². The number of imidazole rings is 1. The van der Waals surface area contributed by atoms with E-state index in [-0.39, 0.29) is 11.7 Å². The number of hydrogen-bond donors (Lipinski definition) is 1. The maximum absolute atomic E-state index is 13.0. The van der Waals surface area contributed by atoms with Gasteiger partial charge in [-0.05, 0) is 30.7 Å². The Labute approximate surface area is 154 Å². The number of para-hydroxylation sites is 3. The number of aromatic nitrogens is 3. The van der Waals surface area contributed by atoms with Gasteiger partial charge in [0.25, 0.3) is 11.8 Å². The molecule has 0 saturated carbocycles. The molecule has 0 radical (unpaired) electrons. The zero-order valence-electron chi connectivity index (χ0n) is 14.5. The molecule has 0 saturated heterocycles. The van der Waals surface area contributed by atoms with Crippen LogP contribution in [0.2, 0.25) is 0 Å². The molecule has 0 aliphatic heterocycles. The van der Waals surface area contributed by atoms with Gasteiger partial charge in [0.15, 0.2) is 0 Å². The van der Waals surface area contributed by atoms with Crippen LogP contribution < -0.4 is 5.32 Å². The van der Waals surface area contributed by atoms with Gasteiger partial charge in [0, 0.05) is 6.07 Å². The van der Waals surface area contributed by atoms with Crippen LogP contribution in [0.15, 0.2) is 65.4 Å². The lowest BCUT2D eigenvalue weighted by atomic mass is 10.1. The molecule has 0 fully saturated rings. The summed E-state index contributed by atoms with van der Waals surface area (Å²) in [7, 11) is 0. The summed E-state index contributed by atoms with van der Waals surface area (Å²) in [6, 6.07) is 15.8. The van der Waals surface area contributed by atoms with E-state index in [4.69, 9.17) is 4.52 Å². The Kier molecular flexibility index (Phi) is 4.25. The summed E-state index contributed by atoms with van der Waals surface area (Å²) < 4.78 is 6.52. The number of nitrogens with one attached hydrogen (secondary N) is 1. The minimum absolute atomic E-state index is 0.0992. The average Bonchev–Trinajstić information content (AvgIpc) is 3.35. The molecule has 4 rings (SSSR count). The fourth-order valence-corrected chi connectivity index (χ4v) is 2.80. The van der Waals surface area contributed by atoms with Crippen LogP contribution in [0.4, 0.5) is 5.69 Å². The molecule has 0 atom stereocenters. The van der Waals surface area contributed by atoms with Crippen LogP contribution >= 0.6 is 0 Å². The minimum Gasteiger partial charge on any atom is -0.351 e. The van der Waals surface area contributed by atoms with E-state index in [2.05, 4.69) is 15.5 Å². The number of anilines is 1. The fraction of sp³-hybridized carbons (Fsp3) is 0.100. The molecule has 1 N–H and O–H groups in total. The summed E-state index contributed by atoms with van der Waals surface area (Å²) in [4.78, 5) is 29.7. The number of hydrogen-bond acceptors (Lipinski definition) is 5. The zero-order chi connectivity index (χ0) is 18.8. The lowest BCUT2D eigenvalue weighted by Gasteiger charge is -2.10. The molecule has 0 aliphatic carbocycles. The maximum Gasteiger partial charge on any atom is 0.294 e. The molecule has 0 spiro atoms. The Balaban J connectivity index is 1.66. The van der Waals surface area contributed by atoms with Crippen LogP contribution in [0.3, 0.4) is 0 Å². The molecule has 2 heterocycles. The molecule has 2 aromatic carbocycles. The van der Waals surface area contributed by atoms with E-state index >= 15 is 0 Å². The van der Waals surface area contributed by atoms with E-state index in [1.54, 1.807) is 30.3 Å². The Bertz CT molecular complexity index is 1140. The van der Waals surface area contributed by atoms with Gasteiger partial charge in [-0.1, -0.05) is 36.3 Å². The molecule has 0 unspecified atom stereocenters. The van der Waals surface area contributed by atoms with Gasteiger partial charge in [-0.15, -0.1) is 0 Å². The highest BCUT2D eigenvalue weighted by atomic mass is 16.5. The molecule has 7 heteroatoms. The Morgan fingerprint density at radius 1 is 1.11 bits per heavy atom. The second kappa shape index (κ2) is 6.87. The molecule has 0 bridgehead atoms. The number of nitrogens with zero attached hydrogens (tertiary/aromatic N) is 3. The first-order valence-electron chi connectivity index (χ1n) is 8.50. The van der Waals surface area contributed by atoms with Crippen molar-refractivity contribution in [2.75, 3.05) is 5.32 Å². The molecule has 0 aliphatic rings. The third-order valence-corrected chi connectivity index (χ3v) is 4.22. The molecule has 1 amide bonds. The number of benzene rings is 2. The highest BCUT2D eigenvalue weighted by molar-refractivity contribution is 6.09. The van der Waals surface area contributed by atoms with E-state index in [9.17, 15) is 9.59 Å². The number of carbonyl (C=O) groups excluding carboxylic acids is 2. The standard InChI is InChI=1S/C20H16N4O3/c1-2-13-11-18(27-23-13)19(25)22-15-8-4-3-7-14(15)20(26)24-12-21-16-9-5-6-10-17(16)24/h3-12H,2H2,1H3,(H,22,25). The van der Waals surface area contributed by atoms with Gasteiger partial charge < -0.3 is 9.84 Å². The van der Waals surface area contributed by atoms with E-state index in [0.717, 1.165) is 5.52 Å². The molecular weight excluding hydrogens is 344 g/mol. The van der Waals surface area contributed by atoms with Crippen molar-refractivity contribution in [1.29, 1.82) is 0 Å². The van der Waals surface area contributed by atoms with E-state index < -0.39 is 5.91 Å². The second-order valence-electron chi connectivity index (χ2n) is 5.94. The van der Waals surface area contributed by atoms with Crippen molar-refractivity contribution in [3.05, 3.63) is 77.9 Å². The molecule has 134 valence electrons. The minimum atomic E-state index is -0.460. The Morgan fingerprint density at radius 3 is 2.70 bits per heavy atom. The maximum atomic E-state index is 13.0. The molecule has 4 aromatic rings. The Hall–Kier alpha value is -3.74. The van der Waals surface area contributed by atoms with E-state index in [1.165, 1.54) is 10.9 Å². The first kappa shape index (κ1) is 16.7. The normalized spacial score (nSPS) is 10.9. The second-order valence-corrected chi connectivity index (χ2v) is 5.94. The third-order valence-electron chi connectivity index (χ3n) is 4.22. The van der Waals surface area contributed by atoms with Crippen LogP contribution in [-0.2, 0) is 6.42 Å². The van der Waals surface area contributed by atoms with E-state index in [0.29, 0.717) is 28.9 Å². The van der Waals surface area contributed by atoms with Crippen molar-refractivity contribution in [3.8, 4) is 0 Å². The number of carbonyl (C=O) groups is 2. The largest absolute Gasteiger partial charge is 0.351 e. The third kappa shape index (κ3) is 3.10. The lowest BCUT2D eigenvalue weighted by molar-refractivity contribution is 0.0965. The highest BCUT2D eigenvalue weighted by Crippen LogP contribution is 2.21. The van der Waals surface area contributed by atoms with Crippen molar-refractivity contribution in [1.82, 2.24) is 14.7 Å². The average molecular weight is 360 g/mol. The fourth-order valence-electron chi connectivity index (χ4n) is 2.80. The monoisotopic (exact) mass is 360 g/mol. The van der Waals surface area contributed by atoms with Crippen molar-refractivity contribution in [2.24, 2.45) is 0 Å². The quantitative estimate of drug-likeness (QED) is 0.601. The molecule has 2 aromatic heterocycles. The Morgan fingerprint density at radius 2 is 1.89 bits per heavy atom. The number of fused-ring (bicyclic) bond motifs is 1. The van der Waals surface area contributed by atoms with Gasteiger partial charge in [0.2, 0.25) is 5.76 Å².